The lowest BCUT2D eigenvalue weighted by atomic mass is 10.4. The molecule has 0 atom stereocenters. The number of primary amides is 1. The maximum absolute atomic E-state index is 11.1. The highest BCUT2D eigenvalue weighted by Crippen LogP contribution is 2.25. The third-order valence-corrected chi connectivity index (χ3v) is 3.04. The number of carbonyl (C=O) groups is 2. The molecule has 0 aliphatic rings. The van der Waals surface area contributed by atoms with E-state index in [1.165, 1.54) is 18.4 Å². The van der Waals surface area contributed by atoms with Crippen molar-refractivity contribution in [1.29, 1.82) is 0 Å². The van der Waals surface area contributed by atoms with Gasteiger partial charge in [-0.25, -0.2) is 9.78 Å². The second-order valence-corrected chi connectivity index (χ2v) is 4.77. The number of ether oxygens (including phenoxy) is 1. The maximum Gasteiger partial charge on any atom is 0.358 e. The van der Waals surface area contributed by atoms with Crippen molar-refractivity contribution in [2.75, 3.05) is 7.11 Å². The topological polar surface area (TPSA) is 82.3 Å². The van der Waals surface area contributed by atoms with Gasteiger partial charge in [-0.15, -0.1) is 11.3 Å². The molecule has 0 aliphatic heterocycles. The summed E-state index contributed by atoms with van der Waals surface area (Å²) in [6.07, 6.45) is 0.0280. The number of thiazole rings is 1. The highest BCUT2D eigenvalue weighted by Gasteiger charge is 2.17. The van der Waals surface area contributed by atoms with E-state index in [9.17, 15) is 9.59 Å². The van der Waals surface area contributed by atoms with Gasteiger partial charge in [0.05, 0.1) is 13.5 Å². The van der Waals surface area contributed by atoms with Crippen LogP contribution in [0.5, 0.6) is 0 Å². The molecule has 0 aliphatic carbocycles. The molecule has 0 fully saturated rings. The lowest BCUT2D eigenvalue weighted by Gasteiger charge is -1.92. The van der Waals surface area contributed by atoms with Crippen molar-refractivity contribution < 1.29 is 14.3 Å². The van der Waals surface area contributed by atoms with Gasteiger partial charge in [-0.1, -0.05) is 0 Å². The van der Waals surface area contributed by atoms with Crippen LogP contribution in [0.25, 0.3) is 0 Å². The van der Waals surface area contributed by atoms with Crippen LogP contribution in [-0.4, -0.2) is 24.0 Å². The molecule has 5 nitrogen and oxygen atoms in total. The van der Waals surface area contributed by atoms with Crippen molar-refractivity contribution in [3.63, 3.8) is 0 Å². The van der Waals surface area contributed by atoms with Crippen molar-refractivity contribution in [2.45, 2.75) is 6.42 Å². The van der Waals surface area contributed by atoms with Crippen LogP contribution in [0.1, 0.15) is 15.5 Å². The Morgan fingerprint density at radius 2 is 2.29 bits per heavy atom. The van der Waals surface area contributed by atoms with Gasteiger partial charge in [0.15, 0.2) is 5.69 Å². The smallest absolute Gasteiger partial charge is 0.358 e. The van der Waals surface area contributed by atoms with Crippen LogP contribution in [0.3, 0.4) is 0 Å². The minimum Gasteiger partial charge on any atom is -0.464 e. The van der Waals surface area contributed by atoms with E-state index in [1.807, 2.05) is 0 Å². The molecule has 0 bridgehead atoms. The van der Waals surface area contributed by atoms with Gasteiger partial charge >= 0.3 is 5.97 Å². The quantitative estimate of drug-likeness (QED) is 0.826. The Balaban J connectivity index is 2.93. The van der Waals surface area contributed by atoms with Crippen molar-refractivity contribution in [3.8, 4) is 0 Å². The summed E-state index contributed by atoms with van der Waals surface area (Å²) in [6.45, 7) is 0. The van der Waals surface area contributed by atoms with Gasteiger partial charge in [0.1, 0.15) is 8.79 Å². The Morgan fingerprint density at radius 1 is 1.64 bits per heavy atom. The van der Waals surface area contributed by atoms with Crippen molar-refractivity contribution in [2.24, 2.45) is 5.73 Å². The lowest BCUT2D eigenvalue weighted by molar-refractivity contribution is -0.117. The van der Waals surface area contributed by atoms with E-state index < -0.39 is 11.9 Å². The number of hydrogen-bond acceptors (Lipinski definition) is 5. The standard InChI is InChI=1S/C7H7BrN2O3S/c1-13-7(12)5-6(8)14-4(10-5)2-3(9)11/h2H2,1H3,(H2,9,11). The SMILES string of the molecule is COC(=O)c1nc(CC(N)=O)sc1Br. The molecule has 1 aromatic rings. The largest absolute Gasteiger partial charge is 0.464 e. The number of hydrogen-bond donors (Lipinski definition) is 1. The molecule has 0 saturated carbocycles. The molecule has 1 rings (SSSR count). The maximum atomic E-state index is 11.1. The van der Waals surface area contributed by atoms with E-state index in [2.05, 4.69) is 25.7 Å². The number of aromatic nitrogens is 1. The van der Waals surface area contributed by atoms with E-state index in [1.54, 1.807) is 0 Å². The first-order chi connectivity index (χ1) is 6.54. The minimum atomic E-state index is -0.538. The Hall–Kier alpha value is -0.950. The monoisotopic (exact) mass is 278 g/mol. The fraction of sp³-hybridized carbons (Fsp3) is 0.286. The molecule has 0 unspecified atom stereocenters. The predicted molar refractivity (Wildman–Crippen MR) is 54.1 cm³/mol. The van der Waals surface area contributed by atoms with Gasteiger partial charge < -0.3 is 10.5 Å². The van der Waals surface area contributed by atoms with E-state index in [4.69, 9.17) is 5.73 Å². The van der Waals surface area contributed by atoms with Crippen LogP contribution in [0, 0.1) is 0 Å². The van der Waals surface area contributed by atoms with Crippen LogP contribution < -0.4 is 5.73 Å². The second kappa shape index (κ2) is 4.52. The fourth-order valence-corrected chi connectivity index (χ4v) is 2.39. The Kier molecular flexibility index (Phi) is 3.59. The lowest BCUT2D eigenvalue weighted by Crippen LogP contribution is -2.13. The molecule has 14 heavy (non-hydrogen) atoms. The van der Waals surface area contributed by atoms with E-state index >= 15 is 0 Å². The average Bonchev–Trinajstić information content (AvgIpc) is 2.44. The summed E-state index contributed by atoms with van der Waals surface area (Å²) >= 11 is 4.34. The summed E-state index contributed by atoms with van der Waals surface area (Å²) in [5, 5.41) is 0.491. The zero-order valence-corrected chi connectivity index (χ0v) is 9.65. The van der Waals surface area contributed by atoms with E-state index in [0.717, 1.165) is 0 Å². The predicted octanol–water partition coefficient (Wildman–Crippen LogP) is 0.720. The number of halogens is 1. The first-order valence-electron chi connectivity index (χ1n) is 3.56. The Labute approximate surface area is 92.4 Å². The summed E-state index contributed by atoms with van der Waals surface area (Å²) in [5.74, 6) is -1.02. The zero-order valence-electron chi connectivity index (χ0n) is 7.24. The molecule has 1 amide bonds. The van der Waals surface area contributed by atoms with Crippen LogP contribution in [0.15, 0.2) is 3.79 Å². The normalized spacial score (nSPS) is 9.86. The van der Waals surface area contributed by atoms with Crippen LogP contribution in [0.4, 0.5) is 0 Å². The Morgan fingerprint density at radius 3 is 2.79 bits per heavy atom. The molecule has 2 N–H and O–H groups in total. The third kappa shape index (κ3) is 2.52. The number of rotatable bonds is 3. The van der Waals surface area contributed by atoms with Crippen LogP contribution >= 0.6 is 27.3 Å². The molecular formula is C7H7BrN2O3S. The summed E-state index contributed by atoms with van der Waals surface area (Å²) in [6, 6.07) is 0. The summed E-state index contributed by atoms with van der Waals surface area (Å²) in [5.41, 5.74) is 5.16. The highest BCUT2D eigenvalue weighted by atomic mass is 79.9. The molecular weight excluding hydrogens is 272 g/mol. The summed E-state index contributed by atoms with van der Waals surface area (Å²) < 4.78 is 5.04. The van der Waals surface area contributed by atoms with Crippen molar-refractivity contribution in [1.82, 2.24) is 4.98 Å². The molecule has 1 heterocycles. The number of methoxy groups -OCH3 is 1. The Bertz CT molecular complexity index is 377. The minimum absolute atomic E-state index is 0.0280. The number of carbonyl (C=O) groups excluding carboxylic acids is 2. The number of esters is 1. The van der Waals surface area contributed by atoms with Gasteiger partial charge in [-0.3, -0.25) is 4.79 Å². The van der Waals surface area contributed by atoms with Crippen molar-refractivity contribution in [3.05, 3.63) is 14.5 Å². The molecule has 0 spiro atoms. The molecule has 0 aromatic carbocycles. The van der Waals surface area contributed by atoms with Crippen molar-refractivity contribution >= 4 is 39.1 Å². The molecule has 7 heteroatoms. The second-order valence-electron chi connectivity index (χ2n) is 2.36. The van der Waals surface area contributed by atoms with Crippen LogP contribution in [0.2, 0.25) is 0 Å². The van der Waals surface area contributed by atoms with E-state index in [0.29, 0.717) is 8.79 Å². The molecule has 0 radical (unpaired) electrons. The van der Waals surface area contributed by atoms with E-state index in [-0.39, 0.29) is 12.1 Å². The van der Waals surface area contributed by atoms with Gasteiger partial charge in [-0.05, 0) is 15.9 Å². The zero-order chi connectivity index (χ0) is 10.7. The average molecular weight is 279 g/mol. The molecule has 76 valence electrons. The number of nitrogens with two attached hydrogens (primary N) is 1. The van der Waals surface area contributed by atoms with Gasteiger partial charge in [0.25, 0.3) is 0 Å². The fourth-order valence-electron chi connectivity index (χ4n) is 0.790. The number of amides is 1. The highest BCUT2D eigenvalue weighted by molar-refractivity contribution is 9.11. The van der Waals surface area contributed by atoms with Gasteiger partial charge in [0.2, 0.25) is 5.91 Å². The third-order valence-electron chi connectivity index (χ3n) is 1.33. The molecule has 1 aromatic heterocycles. The first-order valence-corrected chi connectivity index (χ1v) is 5.17. The van der Waals surface area contributed by atoms with Gasteiger partial charge in [-0.2, -0.15) is 0 Å². The summed E-state index contributed by atoms with van der Waals surface area (Å²) in [4.78, 5) is 25.6. The van der Waals surface area contributed by atoms with Gasteiger partial charge in [0, 0.05) is 0 Å². The van der Waals surface area contributed by atoms with Crippen LogP contribution in [-0.2, 0) is 16.0 Å². The summed E-state index contributed by atoms with van der Waals surface area (Å²) in [7, 11) is 1.27. The first kappa shape index (κ1) is 11.1. The number of nitrogens with zero attached hydrogens (tertiary/aromatic N) is 1. The molecule has 0 saturated heterocycles.